The zero-order valence-electron chi connectivity index (χ0n) is 22.9. The van der Waals surface area contributed by atoms with Gasteiger partial charge in [-0.05, 0) is 99.1 Å². The number of aromatic nitrogens is 3. The molecule has 5 rings (SSSR count). The Morgan fingerprint density at radius 2 is 1.69 bits per heavy atom. The minimum absolute atomic E-state index is 0.187. The van der Waals surface area contributed by atoms with E-state index in [-0.39, 0.29) is 5.82 Å². The molecule has 0 radical (unpaired) electrons. The Labute approximate surface area is 230 Å². The van der Waals surface area contributed by atoms with Crippen molar-refractivity contribution in [3.8, 4) is 5.75 Å². The van der Waals surface area contributed by atoms with E-state index in [1.165, 1.54) is 36.1 Å². The summed E-state index contributed by atoms with van der Waals surface area (Å²) >= 11 is 0. The lowest BCUT2D eigenvalue weighted by atomic mass is 10.1. The molecule has 2 atom stereocenters. The van der Waals surface area contributed by atoms with Crippen LogP contribution in [0.1, 0.15) is 48.4 Å². The third-order valence-electron chi connectivity index (χ3n) is 7.71. The lowest BCUT2D eigenvalue weighted by Crippen LogP contribution is -2.25. The minimum atomic E-state index is -0.187. The number of hydrogen-bond donors (Lipinski definition) is 3. The van der Waals surface area contributed by atoms with E-state index in [2.05, 4.69) is 50.8 Å². The third-order valence-corrected chi connectivity index (χ3v) is 7.71. The average Bonchev–Trinajstić information content (AvgIpc) is 3.57. The minimum Gasteiger partial charge on any atom is -0.497 e. The van der Waals surface area contributed by atoms with Gasteiger partial charge < -0.3 is 25.3 Å². The van der Waals surface area contributed by atoms with Crippen LogP contribution in [0.5, 0.6) is 5.75 Å². The van der Waals surface area contributed by atoms with Crippen molar-refractivity contribution in [1.82, 2.24) is 25.2 Å². The lowest BCUT2D eigenvalue weighted by Gasteiger charge is -2.15. The highest BCUT2D eigenvalue weighted by molar-refractivity contribution is 5.90. The molecular weight excluding hydrogens is 491 g/mol. The standard InChI is InChI=1S/C31H39FN6O/c1-22-20-38(31-29(22)30(36-21-37-31)35-19-24-7-12-28(39-2)13-8-24)27-11-6-25(16-27)18-34-15-3-14-33-17-23-4-9-26(32)10-5-23/h4-5,7-10,12-13,20-21,25,27,33-34H,3,6,11,14-19H2,1-2H3,(H,35,36,37). The van der Waals surface area contributed by atoms with Crippen LogP contribution >= 0.6 is 0 Å². The monoisotopic (exact) mass is 530 g/mol. The van der Waals surface area contributed by atoms with Gasteiger partial charge in [0.15, 0.2) is 0 Å². The summed E-state index contributed by atoms with van der Waals surface area (Å²) in [6, 6.07) is 15.3. The van der Waals surface area contributed by atoms with Crippen LogP contribution in [-0.4, -0.2) is 41.3 Å². The number of rotatable bonds is 13. The zero-order chi connectivity index (χ0) is 27.0. The van der Waals surface area contributed by atoms with Gasteiger partial charge in [0.05, 0.1) is 12.5 Å². The zero-order valence-corrected chi connectivity index (χ0v) is 22.9. The molecule has 2 unspecified atom stereocenters. The van der Waals surface area contributed by atoms with E-state index in [9.17, 15) is 4.39 Å². The van der Waals surface area contributed by atoms with Crippen LogP contribution < -0.4 is 20.7 Å². The van der Waals surface area contributed by atoms with E-state index < -0.39 is 0 Å². The van der Waals surface area contributed by atoms with E-state index in [0.29, 0.717) is 18.5 Å². The van der Waals surface area contributed by atoms with Crippen LogP contribution in [0.15, 0.2) is 61.1 Å². The van der Waals surface area contributed by atoms with E-state index in [1.54, 1.807) is 13.4 Å². The molecule has 7 nitrogen and oxygen atoms in total. The molecule has 2 aromatic heterocycles. The molecule has 0 bridgehead atoms. The smallest absolute Gasteiger partial charge is 0.145 e. The Hall–Kier alpha value is -3.49. The molecule has 206 valence electrons. The predicted octanol–water partition coefficient (Wildman–Crippen LogP) is 5.61. The van der Waals surface area contributed by atoms with E-state index in [0.717, 1.165) is 67.2 Å². The van der Waals surface area contributed by atoms with Gasteiger partial charge in [0.2, 0.25) is 0 Å². The van der Waals surface area contributed by atoms with E-state index in [1.807, 2.05) is 24.3 Å². The highest BCUT2D eigenvalue weighted by atomic mass is 19.1. The van der Waals surface area contributed by atoms with Gasteiger partial charge in [0.1, 0.15) is 29.4 Å². The molecular formula is C31H39FN6O. The van der Waals surface area contributed by atoms with Crippen molar-refractivity contribution in [3.63, 3.8) is 0 Å². The molecule has 8 heteroatoms. The molecule has 1 aliphatic carbocycles. The number of methoxy groups -OCH3 is 1. The van der Waals surface area contributed by atoms with Gasteiger partial charge in [-0.15, -0.1) is 0 Å². The summed E-state index contributed by atoms with van der Waals surface area (Å²) in [5.74, 6) is 2.23. The number of fused-ring (bicyclic) bond motifs is 1. The molecule has 39 heavy (non-hydrogen) atoms. The van der Waals surface area contributed by atoms with Crippen LogP contribution in [0.25, 0.3) is 11.0 Å². The van der Waals surface area contributed by atoms with E-state index >= 15 is 0 Å². The molecule has 1 saturated carbocycles. The molecule has 3 N–H and O–H groups in total. The molecule has 2 aromatic carbocycles. The van der Waals surface area contributed by atoms with Crippen molar-refractivity contribution in [3.05, 3.63) is 83.6 Å². The Morgan fingerprint density at radius 1 is 0.949 bits per heavy atom. The van der Waals surface area contributed by atoms with Gasteiger partial charge in [-0.3, -0.25) is 0 Å². The molecule has 1 aliphatic rings. The molecule has 0 saturated heterocycles. The highest BCUT2D eigenvalue weighted by Crippen LogP contribution is 2.38. The SMILES string of the molecule is COc1ccc(CNc2ncnc3c2c(C)cn3C2CCC(CNCCCNCc3ccc(F)cc3)C2)cc1. The summed E-state index contributed by atoms with van der Waals surface area (Å²) in [7, 11) is 1.68. The number of halogens is 1. The van der Waals surface area contributed by atoms with Gasteiger partial charge in [-0.25, -0.2) is 14.4 Å². The maximum Gasteiger partial charge on any atom is 0.145 e. The number of nitrogens with one attached hydrogen (secondary N) is 3. The number of aryl methyl sites for hydroxylation is 1. The second kappa shape index (κ2) is 13.0. The van der Waals surface area contributed by atoms with Gasteiger partial charge in [0, 0.05) is 25.3 Å². The van der Waals surface area contributed by atoms with Crippen molar-refractivity contribution in [2.75, 3.05) is 32.1 Å². The summed E-state index contributed by atoms with van der Waals surface area (Å²) in [6.07, 6.45) is 8.57. The first-order valence-corrected chi connectivity index (χ1v) is 14.0. The van der Waals surface area contributed by atoms with Crippen molar-refractivity contribution in [2.45, 2.75) is 51.7 Å². The fourth-order valence-electron chi connectivity index (χ4n) is 5.58. The van der Waals surface area contributed by atoms with Crippen molar-refractivity contribution in [2.24, 2.45) is 5.92 Å². The quantitative estimate of drug-likeness (QED) is 0.195. The Kier molecular flexibility index (Phi) is 9.06. The lowest BCUT2D eigenvalue weighted by molar-refractivity contribution is 0.414. The van der Waals surface area contributed by atoms with Gasteiger partial charge in [-0.1, -0.05) is 24.3 Å². The molecule has 0 spiro atoms. The number of hydrogen-bond acceptors (Lipinski definition) is 6. The summed E-state index contributed by atoms with van der Waals surface area (Å²) in [4.78, 5) is 9.27. The first-order chi connectivity index (χ1) is 19.1. The van der Waals surface area contributed by atoms with Crippen LogP contribution in [0, 0.1) is 18.7 Å². The fourth-order valence-corrected chi connectivity index (χ4v) is 5.58. The number of ether oxygens (including phenoxy) is 1. The normalized spacial score (nSPS) is 17.1. The predicted molar refractivity (Wildman–Crippen MR) is 155 cm³/mol. The number of benzene rings is 2. The van der Waals surface area contributed by atoms with Crippen LogP contribution in [0.2, 0.25) is 0 Å². The van der Waals surface area contributed by atoms with Crippen LogP contribution in [0.3, 0.4) is 0 Å². The molecule has 0 aliphatic heterocycles. The van der Waals surface area contributed by atoms with Gasteiger partial charge >= 0.3 is 0 Å². The second-order valence-corrected chi connectivity index (χ2v) is 10.5. The third kappa shape index (κ3) is 6.94. The van der Waals surface area contributed by atoms with Crippen molar-refractivity contribution >= 4 is 16.9 Å². The van der Waals surface area contributed by atoms with E-state index in [4.69, 9.17) is 9.72 Å². The Balaban J connectivity index is 1.08. The van der Waals surface area contributed by atoms with Gasteiger partial charge in [-0.2, -0.15) is 0 Å². The van der Waals surface area contributed by atoms with Gasteiger partial charge in [0.25, 0.3) is 0 Å². The molecule has 0 amide bonds. The largest absolute Gasteiger partial charge is 0.497 e. The molecule has 1 fully saturated rings. The summed E-state index contributed by atoms with van der Waals surface area (Å²) in [5, 5.41) is 11.7. The van der Waals surface area contributed by atoms with Crippen molar-refractivity contribution < 1.29 is 9.13 Å². The summed E-state index contributed by atoms with van der Waals surface area (Å²) < 4.78 is 20.7. The van der Waals surface area contributed by atoms with Crippen molar-refractivity contribution in [1.29, 1.82) is 0 Å². The average molecular weight is 531 g/mol. The summed E-state index contributed by atoms with van der Waals surface area (Å²) in [5.41, 5.74) is 4.51. The summed E-state index contributed by atoms with van der Waals surface area (Å²) in [6.45, 7) is 6.62. The molecule has 2 heterocycles. The topological polar surface area (TPSA) is 76.0 Å². The second-order valence-electron chi connectivity index (χ2n) is 10.5. The first kappa shape index (κ1) is 27.1. The van der Waals surface area contributed by atoms with Crippen LogP contribution in [-0.2, 0) is 13.1 Å². The molecule has 4 aromatic rings. The Morgan fingerprint density at radius 3 is 2.49 bits per heavy atom. The maximum atomic E-state index is 13.0. The number of anilines is 1. The highest BCUT2D eigenvalue weighted by Gasteiger charge is 2.27. The van der Waals surface area contributed by atoms with Crippen LogP contribution in [0.4, 0.5) is 10.2 Å². The Bertz CT molecular complexity index is 1340. The first-order valence-electron chi connectivity index (χ1n) is 14.0. The fraction of sp³-hybridized carbons (Fsp3) is 0.419. The maximum absolute atomic E-state index is 13.0. The number of nitrogens with zero attached hydrogens (tertiary/aromatic N) is 3.